The standard InChI is InChI=1S/C37H66O7/c1-3-4-5-6-7-8-9-10-11-18-23-33(40)35-25-26-36(44-35)34(41)24-19-13-12-15-20-31(38)21-16-14-17-22-32(39)28-30-27-29(2)43-37(30)42/h27,29,32-36,39-41H,3-26,28H2,1-2H3/t29-,32+,33-,34-,35-,36-/m0/s1. The van der Waals surface area contributed by atoms with Gasteiger partial charge < -0.3 is 24.8 Å². The van der Waals surface area contributed by atoms with E-state index in [-0.39, 0.29) is 24.3 Å². The van der Waals surface area contributed by atoms with Crippen molar-refractivity contribution in [3.05, 3.63) is 11.6 Å². The molecule has 1 fully saturated rings. The second kappa shape index (κ2) is 24.0. The molecule has 7 nitrogen and oxygen atoms in total. The number of carbonyl (C=O) groups excluding carboxylic acids is 2. The molecule has 2 rings (SSSR count). The Bertz CT molecular complexity index is 797. The van der Waals surface area contributed by atoms with E-state index in [4.69, 9.17) is 9.47 Å². The van der Waals surface area contributed by atoms with Crippen LogP contribution < -0.4 is 0 Å². The molecule has 3 N–H and O–H groups in total. The van der Waals surface area contributed by atoms with Gasteiger partial charge in [0.05, 0.1) is 30.5 Å². The summed E-state index contributed by atoms with van der Waals surface area (Å²) in [5.74, 6) is -0.0135. The van der Waals surface area contributed by atoms with Crippen molar-refractivity contribution in [2.45, 2.75) is 211 Å². The van der Waals surface area contributed by atoms with Crippen LogP contribution in [-0.2, 0) is 19.1 Å². The molecule has 0 aromatic heterocycles. The van der Waals surface area contributed by atoms with Gasteiger partial charge in [0, 0.05) is 24.8 Å². The molecule has 0 amide bonds. The average Bonchev–Trinajstić information content (AvgIpc) is 3.61. The topological polar surface area (TPSA) is 113 Å². The molecule has 0 saturated carbocycles. The molecule has 0 bridgehead atoms. The highest BCUT2D eigenvalue weighted by Crippen LogP contribution is 2.28. The van der Waals surface area contributed by atoms with E-state index in [9.17, 15) is 24.9 Å². The fraction of sp³-hybridized carbons (Fsp3) is 0.892. The zero-order valence-corrected chi connectivity index (χ0v) is 28.2. The van der Waals surface area contributed by atoms with Gasteiger partial charge in [-0.3, -0.25) is 4.79 Å². The van der Waals surface area contributed by atoms with E-state index in [1.807, 2.05) is 6.92 Å². The summed E-state index contributed by atoms with van der Waals surface area (Å²) in [7, 11) is 0. The molecule has 44 heavy (non-hydrogen) atoms. The minimum Gasteiger partial charge on any atom is -0.455 e. The van der Waals surface area contributed by atoms with Gasteiger partial charge in [-0.25, -0.2) is 4.79 Å². The van der Waals surface area contributed by atoms with Crippen molar-refractivity contribution >= 4 is 11.8 Å². The summed E-state index contributed by atoms with van der Waals surface area (Å²) >= 11 is 0. The summed E-state index contributed by atoms with van der Waals surface area (Å²) < 4.78 is 11.1. The van der Waals surface area contributed by atoms with Crippen LogP contribution in [0, 0.1) is 0 Å². The molecule has 0 aromatic rings. The Kier molecular flexibility index (Phi) is 21.2. The number of rotatable bonds is 28. The minimum absolute atomic E-state index is 0.136. The number of hydrogen-bond donors (Lipinski definition) is 3. The number of hydrogen-bond acceptors (Lipinski definition) is 7. The van der Waals surface area contributed by atoms with Gasteiger partial charge >= 0.3 is 5.97 Å². The lowest BCUT2D eigenvalue weighted by atomic mass is 9.99. The number of ether oxygens (including phenoxy) is 2. The van der Waals surface area contributed by atoms with Crippen LogP contribution >= 0.6 is 0 Å². The van der Waals surface area contributed by atoms with Crippen LogP contribution in [0.1, 0.15) is 174 Å². The fourth-order valence-electron chi connectivity index (χ4n) is 6.64. The zero-order valence-electron chi connectivity index (χ0n) is 28.2. The lowest BCUT2D eigenvalue weighted by Crippen LogP contribution is -2.31. The van der Waals surface area contributed by atoms with E-state index in [1.54, 1.807) is 6.08 Å². The predicted octanol–water partition coefficient (Wildman–Crippen LogP) is 8.05. The molecule has 256 valence electrons. The first-order valence-corrected chi connectivity index (χ1v) is 18.4. The van der Waals surface area contributed by atoms with Crippen molar-refractivity contribution in [3.8, 4) is 0 Å². The Hall–Kier alpha value is -1.28. The number of aliphatic hydroxyl groups is 3. The fourth-order valence-corrected chi connectivity index (χ4v) is 6.64. The summed E-state index contributed by atoms with van der Waals surface area (Å²) in [4.78, 5) is 23.9. The Labute approximate surface area is 268 Å². The highest BCUT2D eigenvalue weighted by Gasteiger charge is 2.34. The van der Waals surface area contributed by atoms with Gasteiger partial charge in [-0.05, 0) is 57.9 Å². The molecule has 1 saturated heterocycles. The largest absolute Gasteiger partial charge is 0.455 e. The molecule has 7 heteroatoms. The molecule has 0 aliphatic carbocycles. The van der Waals surface area contributed by atoms with E-state index in [1.165, 1.54) is 57.8 Å². The monoisotopic (exact) mass is 622 g/mol. The van der Waals surface area contributed by atoms with Crippen LogP contribution in [0.2, 0.25) is 0 Å². The third-order valence-corrected chi connectivity index (χ3v) is 9.44. The Morgan fingerprint density at radius 3 is 1.68 bits per heavy atom. The van der Waals surface area contributed by atoms with Gasteiger partial charge in [0.15, 0.2) is 0 Å². The number of aliphatic hydroxyl groups excluding tert-OH is 3. The maximum absolute atomic E-state index is 12.2. The van der Waals surface area contributed by atoms with Gasteiger partial charge in [-0.1, -0.05) is 103 Å². The number of Topliss-reactive ketones (excluding diaryl/α,β-unsaturated/α-hetero) is 1. The quantitative estimate of drug-likeness (QED) is 0.0598. The van der Waals surface area contributed by atoms with E-state index < -0.39 is 18.3 Å². The van der Waals surface area contributed by atoms with Crippen molar-refractivity contribution in [1.29, 1.82) is 0 Å². The van der Waals surface area contributed by atoms with Crippen LogP contribution in [0.3, 0.4) is 0 Å². The minimum atomic E-state index is -0.541. The SMILES string of the molecule is CCCCCCCCCCCC[C@H](O)[C@@H]1CC[C@@H]([C@@H](O)CCCCCCC(=O)CCCCC[C@@H](O)CC2=C[C@H](C)OC2=O)O1. The van der Waals surface area contributed by atoms with Gasteiger partial charge in [-0.15, -0.1) is 0 Å². The number of unbranched alkanes of at least 4 members (excludes halogenated alkanes) is 14. The molecule has 0 radical (unpaired) electrons. The van der Waals surface area contributed by atoms with Crippen molar-refractivity contribution in [2.24, 2.45) is 0 Å². The van der Waals surface area contributed by atoms with Crippen molar-refractivity contribution in [2.75, 3.05) is 0 Å². The van der Waals surface area contributed by atoms with E-state index in [0.29, 0.717) is 43.5 Å². The summed E-state index contributed by atoms with van der Waals surface area (Å²) in [6.07, 6.45) is 24.5. The highest BCUT2D eigenvalue weighted by atomic mass is 16.5. The van der Waals surface area contributed by atoms with Crippen molar-refractivity contribution in [3.63, 3.8) is 0 Å². The first-order chi connectivity index (χ1) is 21.3. The second-order valence-corrected chi connectivity index (χ2v) is 13.6. The molecule has 0 spiro atoms. The highest BCUT2D eigenvalue weighted by molar-refractivity contribution is 5.90. The van der Waals surface area contributed by atoms with Gasteiger partial charge in [0.2, 0.25) is 0 Å². The van der Waals surface area contributed by atoms with Crippen LogP contribution in [0.15, 0.2) is 11.6 Å². The van der Waals surface area contributed by atoms with Gasteiger partial charge in [-0.2, -0.15) is 0 Å². The number of cyclic esters (lactones) is 1. The number of ketones is 1. The van der Waals surface area contributed by atoms with Crippen LogP contribution in [0.4, 0.5) is 0 Å². The van der Waals surface area contributed by atoms with Gasteiger partial charge in [0.1, 0.15) is 11.9 Å². The van der Waals surface area contributed by atoms with E-state index in [2.05, 4.69) is 6.92 Å². The first-order valence-electron chi connectivity index (χ1n) is 18.4. The molecule has 0 aromatic carbocycles. The first kappa shape index (κ1) is 38.9. The summed E-state index contributed by atoms with van der Waals surface area (Å²) in [6, 6.07) is 0. The molecule has 2 heterocycles. The van der Waals surface area contributed by atoms with E-state index in [0.717, 1.165) is 70.6 Å². The van der Waals surface area contributed by atoms with Gasteiger partial charge in [0.25, 0.3) is 0 Å². The average molecular weight is 623 g/mol. The predicted molar refractivity (Wildman–Crippen MR) is 176 cm³/mol. The van der Waals surface area contributed by atoms with Crippen LogP contribution in [0.25, 0.3) is 0 Å². The summed E-state index contributed by atoms with van der Waals surface area (Å²) in [5, 5.41) is 31.4. The number of carbonyl (C=O) groups is 2. The zero-order chi connectivity index (χ0) is 32.0. The van der Waals surface area contributed by atoms with E-state index >= 15 is 0 Å². The molecule has 2 aliphatic heterocycles. The number of esters is 1. The normalized spacial score (nSPS) is 22.2. The maximum Gasteiger partial charge on any atom is 0.334 e. The Balaban J connectivity index is 1.38. The Morgan fingerprint density at radius 2 is 1.18 bits per heavy atom. The second-order valence-electron chi connectivity index (χ2n) is 13.6. The van der Waals surface area contributed by atoms with Crippen LogP contribution in [-0.4, -0.2) is 63.7 Å². The summed E-state index contributed by atoms with van der Waals surface area (Å²) in [5.41, 5.74) is 0.569. The molecular formula is C37H66O7. The molecule has 6 atom stereocenters. The lowest BCUT2D eigenvalue weighted by Gasteiger charge is -2.22. The third-order valence-electron chi connectivity index (χ3n) is 9.44. The smallest absolute Gasteiger partial charge is 0.334 e. The molecular weight excluding hydrogens is 556 g/mol. The van der Waals surface area contributed by atoms with Crippen LogP contribution in [0.5, 0.6) is 0 Å². The lowest BCUT2D eigenvalue weighted by molar-refractivity contribution is -0.139. The third kappa shape index (κ3) is 17.4. The Morgan fingerprint density at radius 1 is 0.727 bits per heavy atom. The van der Waals surface area contributed by atoms with Crippen molar-refractivity contribution in [1.82, 2.24) is 0 Å². The maximum atomic E-state index is 12.2. The summed E-state index contributed by atoms with van der Waals surface area (Å²) in [6.45, 7) is 4.07. The van der Waals surface area contributed by atoms with Crippen molar-refractivity contribution < 1.29 is 34.4 Å². The molecule has 0 unspecified atom stereocenters. The molecule has 2 aliphatic rings.